The lowest BCUT2D eigenvalue weighted by Gasteiger charge is -2.31. The van der Waals surface area contributed by atoms with Crippen LogP contribution in [0.25, 0.3) is 0 Å². The van der Waals surface area contributed by atoms with Gasteiger partial charge in [0.1, 0.15) is 11.5 Å². The van der Waals surface area contributed by atoms with Gasteiger partial charge in [0, 0.05) is 36.6 Å². The van der Waals surface area contributed by atoms with Crippen molar-refractivity contribution in [2.24, 2.45) is 4.99 Å². The molecule has 222 valence electrons. The lowest BCUT2D eigenvalue weighted by atomic mass is 9.82. The summed E-state index contributed by atoms with van der Waals surface area (Å²) in [6.07, 6.45) is 0.806. The van der Waals surface area contributed by atoms with Crippen LogP contribution in [0.5, 0.6) is 11.5 Å². The number of hydrogen-bond donors (Lipinski definition) is 2. The molecule has 1 aliphatic heterocycles. The minimum Gasteiger partial charge on any atom is -0.497 e. The third-order valence-electron chi connectivity index (χ3n) is 7.36. The molecular formula is C35H35ClN2O5. The standard InChI is InChI=1S/C35H35ClN2O5/c1-41-31-10-5-9-28(23-31)32-35(24-26-7-3-2-4-8-26,34(40)37-20-19-25-11-15-29(36)16-12-25)38-33(43-32)27-13-17-30(18-14-27)42-22-6-21-39/h2-5,7-18,23,32,39H,6,19-22,24H2,1H3,(H,37,40)/t32-,35-/m1/s1. The summed E-state index contributed by atoms with van der Waals surface area (Å²) in [7, 11) is 1.61. The van der Waals surface area contributed by atoms with Crippen molar-refractivity contribution < 1.29 is 24.1 Å². The third-order valence-corrected chi connectivity index (χ3v) is 7.61. The molecule has 2 atom stereocenters. The quantitative estimate of drug-likeness (QED) is 0.185. The molecule has 0 bridgehead atoms. The van der Waals surface area contributed by atoms with Gasteiger partial charge >= 0.3 is 0 Å². The normalized spacial score (nSPS) is 17.6. The minimum absolute atomic E-state index is 0.0691. The van der Waals surface area contributed by atoms with Gasteiger partial charge < -0.3 is 24.6 Å². The van der Waals surface area contributed by atoms with Crippen LogP contribution in [0.4, 0.5) is 0 Å². The predicted octanol–water partition coefficient (Wildman–Crippen LogP) is 5.97. The highest BCUT2D eigenvalue weighted by Crippen LogP contribution is 2.43. The summed E-state index contributed by atoms with van der Waals surface area (Å²) < 4.78 is 17.8. The Hall–Kier alpha value is -4.33. The highest BCUT2D eigenvalue weighted by Gasteiger charge is 2.53. The average molecular weight is 599 g/mol. The van der Waals surface area contributed by atoms with Crippen molar-refractivity contribution in [2.45, 2.75) is 30.9 Å². The zero-order chi connectivity index (χ0) is 30.1. The molecule has 1 heterocycles. The van der Waals surface area contributed by atoms with Crippen LogP contribution in [0.15, 0.2) is 108 Å². The molecule has 0 unspecified atom stereocenters. The number of methoxy groups -OCH3 is 1. The van der Waals surface area contributed by atoms with Crippen molar-refractivity contribution in [1.29, 1.82) is 0 Å². The third kappa shape index (κ3) is 7.37. The van der Waals surface area contributed by atoms with E-state index in [9.17, 15) is 4.79 Å². The molecule has 1 aliphatic rings. The van der Waals surface area contributed by atoms with Crippen molar-refractivity contribution in [3.63, 3.8) is 0 Å². The van der Waals surface area contributed by atoms with Gasteiger partial charge in [-0.2, -0.15) is 0 Å². The van der Waals surface area contributed by atoms with Crippen LogP contribution in [0, 0.1) is 0 Å². The Labute approximate surface area is 257 Å². The van der Waals surface area contributed by atoms with Gasteiger partial charge in [0.2, 0.25) is 5.90 Å². The number of benzene rings is 4. The van der Waals surface area contributed by atoms with Gasteiger partial charge in [-0.15, -0.1) is 0 Å². The van der Waals surface area contributed by atoms with Crippen molar-refractivity contribution in [1.82, 2.24) is 5.32 Å². The minimum atomic E-state index is -1.29. The first-order valence-corrected chi connectivity index (χ1v) is 14.7. The second kappa shape index (κ2) is 14.2. The first kappa shape index (κ1) is 30.1. The largest absolute Gasteiger partial charge is 0.497 e. The topological polar surface area (TPSA) is 89.4 Å². The number of nitrogens with one attached hydrogen (secondary N) is 1. The number of nitrogens with zero attached hydrogens (tertiary/aromatic N) is 1. The van der Waals surface area contributed by atoms with Gasteiger partial charge in [-0.05, 0) is 71.6 Å². The van der Waals surface area contributed by atoms with E-state index in [1.54, 1.807) is 7.11 Å². The van der Waals surface area contributed by atoms with Crippen LogP contribution < -0.4 is 14.8 Å². The van der Waals surface area contributed by atoms with Gasteiger partial charge in [0.15, 0.2) is 11.6 Å². The van der Waals surface area contributed by atoms with E-state index >= 15 is 0 Å². The molecule has 0 aromatic heterocycles. The summed E-state index contributed by atoms with van der Waals surface area (Å²) in [4.78, 5) is 19.4. The van der Waals surface area contributed by atoms with Crippen LogP contribution in [0.3, 0.4) is 0 Å². The number of amides is 1. The van der Waals surface area contributed by atoms with Crippen molar-refractivity contribution >= 4 is 23.4 Å². The van der Waals surface area contributed by atoms with E-state index in [0.717, 1.165) is 22.3 Å². The van der Waals surface area contributed by atoms with E-state index in [0.29, 0.717) is 54.8 Å². The summed E-state index contributed by atoms with van der Waals surface area (Å²) >= 11 is 6.05. The smallest absolute Gasteiger partial charge is 0.252 e. The zero-order valence-electron chi connectivity index (χ0n) is 24.0. The molecule has 0 spiro atoms. The fraction of sp³-hybridized carbons (Fsp3) is 0.257. The molecule has 5 rings (SSSR count). The van der Waals surface area contributed by atoms with Gasteiger partial charge in [-0.25, -0.2) is 4.99 Å². The number of rotatable bonds is 13. The van der Waals surface area contributed by atoms with E-state index in [2.05, 4.69) is 5.32 Å². The van der Waals surface area contributed by atoms with E-state index < -0.39 is 11.6 Å². The number of carbonyl (C=O) groups is 1. The lowest BCUT2D eigenvalue weighted by Crippen LogP contribution is -2.50. The Kier molecular flexibility index (Phi) is 9.97. The second-order valence-electron chi connectivity index (χ2n) is 10.4. The summed E-state index contributed by atoms with van der Waals surface area (Å²) in [6.45, 7) is 0.911. The van der Waals surface area contributed by atoms with Gasteiger partial charge in [0.25, 0.3) is 5.91 Å². The molecular weight excluding hydrogens is 564 g/mol. The van der Waals surface area contributed by atoms with Crippen LogP contribution in [-0.2, 0) is 22.4 Å². The van der Waals surface area contributed by atoms with Gasteiger partial charge in [-0.1, -0.05) is 66.2 Å². The highest BCUT2D eigenvalue weighted by molar-refractivity contribution is 6.30. The van der Waals surface area contributed by atoms with E-state index in [1.807, 2.05) is 103 Å². The maximum absolute atomic E-state index is 14.3. The average Bonchev–Trinajstić information content (AvgIpc) is 3.43. The SMILES string of the molecule is COc1cccc([C@H]2OC(c3ccc(OCCCO)cc3)=N[C@@]2(Cc2ccccc2)C(=O)NCCc2ccc(Cl)cc2)c1. The Bertz CT molecular complexity index is 1530. The fourth-order valence-corrected chi connectivity index (χ4v) is 5.24. The first-order chi connectivity index (χ1) is 21.0. The Morgan fingerprint density at radius 1 is 0.953 bits per heavy atom. The summed E-state index contributed by atoms with van der Waals surface area (Å²) in [5.41, 5.74) is 2.25. The molecule has 4 aromatic carbocycles. The number of halogens is 1. The number of aliphatic imine (C=N–C) groups is 1. The Morgan fingerprint density at radius 2 is 1.72 bits per heavy atom. The molecule has 7 nitrogen and oxygen atoms in total. The van der Waals surface area contributed by atoms with Crippen LogP contribution in [-0.4, -0.2) is 49.3 Å². The molecule has 43 heavy (non-hydrogen) atoms. The molecule has 0 fully saturated rings. The number of aliphatic hydroxyl groups excluding tert-OH is 1. The van der Waals surface area contributed by atoms with Crippen LogP contribution in [0.1, 0.15) is 34.8 Å². The van der Waals surface area contributed by atoms with Crippen LogP contribution in [0.2, 0.25) is 5.02 Å². The second-order valence-corrected chi connectivity index (χ2v) is 10.8. The van der Waals surface area contributed by atoms with Crippen molar-refractivity contribution in [2.75, 3.05) is 26.9 Å². The molecule has 0 saturated carbocycles. The molecule has 4 aromatic rings. The first-order valence-electron chi connectivity index (χ1n) is 14.3. The predicted molar refractivity (Wildman–Crippen MR) is 168 cm³/mol. The van der Waals surface area contributed by atoms with Crippen LogP contribution >= 0.6 is 11.6 Å². The monoisotopic (exact) mass is 598 g/mol. The molecule has 0 radical (unpaired) electrons. The zero-order valence-corrected chi connectivity index (χ0v) is 24.8. The molecule has 0 aliphatic carbocycles. The van der Waals surface area contributed by atoms with E-state index in [1.165, 1.54) is 0 Å². The summed E-state index contributed by atoms with van der Waals surface area (Å²) in [5.74, 6) is 1.49. The number of ether oxygens (including phenoxy) is 3. The number of aliphatic hydroxyl groups is 1. The van der Waals surface area contributed by atoms with E-state index in [-0.39, 0.29) is 12.5 Å². The maximum atomic E-state index is 14.3. The molecule has 0 saturated heterocycles. The molecule has 8 heteroatoms. The lowest BCUT2D eigenvalue weighted by molar-refractivity contribution is -0.128. The fourth-order valence-electron chi connectivity index (χ4n) is 5.12. The number of carbonyl (C=O) groups excluding carboxylic acids is 1. The highest BCUT2D eigenvalue weighted by atomic mass is 35.5. The van der Waals surface area contributed by atoms with Crippen molar-refractivity contribution in [3.8, 4) is 11.5 Å². The molecule has 2 N–H and O–H groups in total. The number of hydrogen-bond acceptors (Lipinski definition) is 6. The Morgan fingerprint density at radius 3 is 2.44 bits per heavy atom. The van der Waals surface area contributed by atoms with Gasteiger partial charge in [-0.3, -0.25) is 4.79 Å². The van der Waals surface area contributed by atoms with E-state index in [4.69, 9.17) is 35.9 Å². The Balaban J connectivity index is 1.51. The summed E-state index contributed by atoms with van der Waals surface area (Å²) in [6, 6.07) is 32.4. The van der Waals surface area contributed by atoms with Gasteiger partial charge in [0.05, 0.1) is 13.7 Å². The maximum Gasteiger partial charge on any atom is 0.252 e. The van der Waals surface area contributed by atoms with Crippen molar-refractivity contribution in [3.05, 3.63) is 130 Å². The molecule has 1 amide bonds. The summed E-state index contributed by atoms with van der Waals surface area (Å²) in [5, 5.41) is 12.9.